The van der Waals surface area contributed by atoms with Crippen LogP contribution in [0.3, 0.4) is 0 Å². The quantitative estimate of drug-likeness (QED) is 0.379. The van der Waals surface area contributed by atoms with Crippen molar-refractivity contribution in [1.82, 2.24) is 4.90 Å². The first-order valence-electron chi connectivity index (χ1n) is 5.19. The summed E-state index contributed by atoms with van der Waals surface area (Å²) in [6.07, 6.45) is 0. The molecule has 0 saturated carbocycles. The van der Waals surface area contributed by atoms with Gasteiger partial charge in [0.25, 0.3) is 0 Å². The van der Waals surface area contributed by atoms with Gasteiger partial charge >= 0.3 is 0 Å². The first kappa shape index (κ1) is 13.9. The van der Waals surface area contributed by atoms with Gasteiger partial charge in [-0.15, -0.1) is 0 Å². The van der Waals surface area contributed by atoms with E-state index in [0.29, 0.717) is 17.6 Å². The third kappa shape index (κ3) is 4.70. The van der Waals surface area contributed by atoms with E-state index in [1.807, 2.05) is 17.9 Å². The molecule has 0 aliphatic rings. The maximum Gasteiger partial charge on any atom is 0.153 e. The van der Waals surface area contributed by atoms with Gasteiger partial charge in [-0.2, -0.15) is 0 Å². The van der Waals surface area contributed by atoms with Gasteiger partial charge in [0.15, 0.2) is 5.84 Å². The summed E-state index contributed by atoms with van der Waals surface area (Å²) in [6.45, 7) is 3.58. The van der Waals surface area contributed by atoms with Crippen molar-refractivity contribution in [2.75, 3.05) is 13.1 Å². The number of amidine groups is 1. The number of hydrogen-bond donors (Lipinski definition) is 2. The Hall–Kier alpha value is -1.14. The Kier molecular flexibility index (Phi) is 5.37. The van der Waals surface area contributed by atoms with E-state index >= 15 is 0 Å². The zero-order valence-corrected chi connectivity index (χ0v) is 11.1. The summed E-state index contributed by atoms with van der Waals surface area (Å²) in [7, 11) is 0. The lowest BCUT2D eigenvalue weighted by molar-refractivity contribution is 0.294. The Morgan fingerprint density at radius 2 is 2.24 bits per heavy atom. The summed E-state index contributed by atoms with van der Waals surface area (Å²) in [5.74, 6) is -0.142. The number of hydrogen-bond acceptors (Lipinski definition) is 3. The van der Waals surface area contributed by atoms with Crippen LogP contribution >= 0.6 is 15.9 Å². The summed E-state index contributed by atoms with van der Waals surface area (Å²) >= 11 is 3.24. The molecule has 6 heteroatoms. The van der Waals surface area contributed by atoms with Crippen LogP contribution in [0.1, 0.15) is 12.5 Å². The second kappa shape index (κ2) is 6.56. The average Bonchev–Trinajstić information content (AvgIpc) is 2.26. The molecule has 4 nitrogen and oxygen atoms in total. The molecule has 94 valence electrons. The molecule has 1 aromatic carbocycles. The molecule has 0 radical (unpaired) electrons. The number of benzene rings is 1. The van der Waals surface area contributed by atoms with E-state index in [1.165, 1.54) is 12.1 Å². The van der Waals surface area contributed by atoms with Crippen LogP contribution in [0.5, 0.6) is 0 Å². The zero-order valence-electron chi connectivity index (χ0n) is 9.53. The molecule has 1 rings (SSSR count). The Morgan fingerprint density at radius 3 is 2.76 bits per heavy atom. The molecule has 0 amide bonds. The van der Waals surface area contributed by atoms with Crippen LogP contribution in [0.4, 0.5) is 4.39 Å². The third-order valence-corrected chi connectivity index (χ3v) is 2.75. The topological polar surface area (TPSA) is 61.8 Å². The summed E-state index contributed by atoms with van der Waals surface area (Å²) in [6, 6.07) is 4.72. The van der Waals surface area contributed by atoms with E-state index < -0.39 is 0 Å². The van der Waals surface area contributed by atoms with Gasteiger partial charge in [-0.3, -0.25) is 4.90 Å². The van der Waals surface area contributed by atoms with Gasteiger partial charge in [0.2, 0.25) is 0 Å². The molecule has 1 aromatic rings. The summed E-state index contributed by atoms with van der Waals surface area (Å²) in [5.41, 5.74) is 6.28. The highest BCUT2D eigenvalue weighted by Crippen LogP contribution is 2.16. The lowest BCUT2D eigenvalue weighted by atomic mass is 10.2. The first-order chi connectivity index (χ1) is 8.05. The fourth-order valence-electron chi connectivity index (χ4n) is 1.50. The van der Waals surface area contributed by atoms with Gasteiger partial charge in [0, 0.05) is 11.0 Å². The number of halogens is 2. The maximum atomic E-state index is 13.2. The van der Waals surface area contributed by atoms with Gasteiger partial charge in [-0.05, 0) is 30.3 Å². The molecule has 0 atom stereocenters. The van der Waals surface area contributed by atoms with Crippen LogP contribution in [0, 0.1) is 5.82 Å². The van der Waals surface area contributed by atoms with E-state index in [1.54, 1.807) is 0 Å². The second-order valence-corrected chi connectivity index (χ2v) is 4.59. The van der Waals surface area contributed by atoms with Crippen molar-refractivity contribution in [2.24, 2.45) is 10.9 Å². The predicted molar refractivity (Wildman–Crippen MR) is 68.5 cm³/mol. The molecular weight excluding hydrogens is 289 g/mol. The van der Waals surface area contributed by atoms with Gasteiger partial charge in [-0.1, -0.05) is 28.0 Å². The second-order valence-electron chi connectivity index (χ2n) is 3.67. The van der Waals surface area contributed by atoms with Crippen molar-refractivity contribution in [1.29, 1.82) is 0 Å². The molecule has 0 aliphatic carbocycles. The molecule has 0 aromatic heterocycles. The molecular formula is C11H15BrFN3O. The molecule has 0 fully saturated rings. The smallest absolute Gasteiger partial charge is 0.153 e. The fourth-order valence-corrected chi connectivity index (χ4v) is 2.01. The van der Waals surface area contributed by atoms with Crippen molar-refractivity contribution in [3.05, 3.63) is 34.1 Å². The van der Waals surface area contributed by atoms with Crippen LogP contribution < -0.4 is 5.73 Å². The van der Waals surface area contributed by atoms with E-state index in [9.17, 15) is 4.39 Å². The summed E-state index contributed by atoms with van der Waals surface area (Å²) < 4.78 is 13.9. The first-order valence-corrected chi connectivity index (χ1v) is 5.98. The molecule has 0 heterocycles. The molecule has 3 N–H and O–H groups in total. The van der Waals surface area contributed by atoms with Crippen molar-refractivity contribution in [3.8, 4) is 0 Å². The molecule has 0 saturated heterocycles. The van der Waals surface area contributed by atoms with Crippen molar-refractivity contribution in [3.63, 3.8) is 0 Å². The van der Waals surface area contributed by atoms with Crippen LogP contribution in [0.25, 0.3) is 0 Å². The van der Waals surface area contributed by atoms with E-state index in [4.69, 9.17) is 10.9 Å². The summed E-state index contributed by atoms with van der Waals surface area (Å²) in [4.78, 5) is 1.94. The Balaban J connectivity index is 2.73. The zero-order chi connectivity index (χ0) is 12.8. The van der Waals surface area contributed by atoms with Gasteiger partial charge in [0.1, 0.15) is 5.82 Å². The molecule has 0 bridgehead atoms. The van der Waals surface area contributed by atoms with Crippen LogP contribution in [0.2, 0.25) is 0 Å². The Morgan fingerprint density at radius 1 is 1.53 bits per heavy atom. The third-order valence-electron chi connectivity index (χ3n) is 2.29. The largest absolute Gasteiger partial charge is 0.409 e. The van der Waals surface area contributed by atoms with E-state index in [-0.39, 0.29) is 11.7 Å². The lowest BCUT2D eigenvalue weighted by Crippen LogP contribution is -2.33. The monoisotopic (exact) mass is 303 g/mol. The minimum Gasteiger partial charge on any atom is -0.409 e. The Labute approximate surface area is 108 Å². The summed E-state index contributed by atoms with van der Waals surface area (Å²) in [5, 5.41) is 11.4. The van der Waals surface area contributed by atoms with Crippen molar-refractivity contribution in [2.45, 2.75) is 13.5 Å². The fraction of sp³-hybridized carbons (Fsp3) is 0.364. The molecule has 0 unspecified atom stereocenters. The normalized spacial score (nSPS) is 12.1. The van der Waals surface area contributed by atoms with E-state index in [0.717, 1.165) is 12.1 Å². The van der Waals surface area contributed by atoms with E-state index in [2.05, 4.69) is 21.1 Å². The molecule has 0 aliphatic heterocycles. The molecule has 0 spiro atoms. The Bertz CT molecular complexity index is 391. The van der Waals surface area contributed by atoms with Crippen molar-refractivity contribution >= 4 is 21.8 Å². The predicted octanol–water partition coefficient (Wildman–Crippen LogP) is 2.16. The number of oxime groups is 1. The standard InChI is InChI=1S/C11H15BrFN3O/c1-2-16(7-11(14)15-17)6-8-3-9(12)5-10(13)4-8/h3-5,17H,2,6-7H2,1H3,(H2,14,15). The van der Waals surface area contributed by atoms with Crippen LogP contribution in [-0.4, -0.2) is 29.0 Å². The van der Waals surface area contributed by atoms with Gasteiger partial charge in [-0.25, -0.2) is 4.39 Å². The highest BCUT2D eigenvalue weighted by Gasteiger charge is 2.07. The average molecular weight is 304 g/mol. The van der Waals surface area contributed by atoms with Gasteiger partial charge in [0.05, 0.1) is 6.54 Å². The van der Waals surface area contributed by atoms with Crippen LogP contribution in [0.15, 0.2) is 27.8 Å². The molecule has 17 heavy (non-hydrogen) atoms. The minimum atomic E-state index is -0.283. The lowest BCUT2D eigenvalue weighted by Gasteiger charge is -2.19. The highest BCUT2D eigenvalue weighted by atomic mass is 79.9. The number of nitrogens with two attached hydrogens (primary N) is 1. The highest BCUT2D eigenvalue weighted by molar-refractivity contribution is 9.10. The number of nitrogens with zero attached hydrogens (tertiary/aromatic N) is 2. The number of likely N-dealkylation sites (N-methyl/N-ethyl adjacent to an activating group) is 1. The SMILES string of the molecule is CCN(CC(N)=NO)Cc1cc(F)cc(Br)c1. The van der Waals surface area contributed by atoms with Gasteiger partial charge < -0.3 is 10.9 Å². The minimum absolute atomic E-state index is 0.141. The maximum absolute atomic E-state index is 13.2. The van der Waals surface area contributed by atoms with Crippen molar-refractivity contribution < 1.29 is 9.60 Å². The number of rotatable bonds is 5. The van der Waals surface area contributed by atoms with Crippen LogP contribution in [-0.2, 0) is 6.54 Å².